The maximum atomic E-state index is 6.13. The molecular formula is C24H26N10OS. The van der Waals surface area contributed by atoms with E-state index in [0.29, 0.717) is 36.5 Å². The number of anilines is 2. The van der Waals surface area contributed by atoms with Crippen molar-refractivity contribution >= 4 is 33.9 Å². The molecule has 0 spiro atoms. The maximum Gasteiger partial charge on any atom is 0.222 e. The summed E-state index contributed by atoms with van der Waals surface area (Å²) >= 11 is 1.69. The molecule has 0 aliphatic carbocycles. The number of thiazole rings is 1. The average molecular weight is 503 g/mol. The van der Waals surface area contributed by atoms with E-state index in [1.54, 1.807) is 28.4 Å². The molecule has 1 N–H and O–H groups in total. The van der Waals surface area contributed by atoms with Gasteiger partial charge in [0.15, 0.2) is 5.82 Å². The van der Waals surface area contributed by atoms with Gasteiger partial charge in [-0.3, -0.25) is 4.68 Å². The van der Waals surface area contributed by atoms with Gasteiger partial charge in [-0.1, -0.05) is 0 Å². The lowest BCUT2D eigenvalue weighted by atomic mass is 10.2. The van der Waals surface area contributed by atoms with Gasteiger partial charge in [0.25, 0.3) is 0 Å². The molecule has 0 saturated carbocycles. The number of aryl methyl sites for hydroxylation is 3. The zero-order chi connectivity index (χ0) is 24.8. The highest BCUT2D eigenvalue weighted by atomic mass is 32.1. The molecule has 11 nitrogen and oxygen atoms in total. The van der Waals surface area contributed by atoms with Gasteiger partial charge < -0.3 is 15.0 Å². The van der Waals surface area contributed by atoms with Gasteiger partial charge in [-0.05, 0) is 27.1 Å². The van der Waals surface area contributed by atoms with Crippen LogP contribution in [-0.4, -0.2) is 65.1 Å². The smallest absolute Gasteiger partial charge is 0.222 e. The predicted octanol–water partition coefficient (Wildman–Crippen LogP) is 3.64. The van der Waals surface area contributed by atoms with E-state index in [-0.39, 0.29) is 0 Å². The van der Waals surface area contributed by atoms with E-state index >= 15 is 0 Å². The molecule has 0 amide bonds. The van der Waals surface area contributed by atoms with Crippen molar-refractivity contribution in [2.24, 2.45) is 7.05 Å². The molecule has 5 aromatic rings. The van der Waals surface area contributed by atoms with Gasteiger partial charge in [-0.25, -0.2) is 24.6 Å². The van der Waals surface area contributed by atoms with E-state index in [2.05, 4.69) is 51.3 Å². The molecule has 4 bridgehead atoms. The van der Waals surface area contributed by atoms with Crippen molar-refractivity contribution < 1.29 is 4.74 Å². The monoisotopic (exact) mass is 502 g/mol. The molecule has 1 aliphatic heterocycles. The van der Waals surface area contributed by atoms with Crippen LogP contribution in [0, 0.1) is 6.92 Å². The zero-order valence-electron chi connectivity index (χ0n) is 20.6. The van der Waals surface area contributed by atoms with E-state index in [9.17, 15) is 0 Å². The van der Waals surface area contributed by atoms with E-state index in [1.807, 2.05) is 30.1 Å². The summed E-state index contributed by atoms with van der Waals surface area (Å²) in [5.41, 5.74) is 3.62. The molecule has 0 radical (unpaired) electrons. The first-order chi connectivity index (χ1) is 17.5. The summed E-state index contributed by atoms with van der Waals surface area (Å²) in [5.74, 6) is 2.50. The minimum Gasteiger partial charge on any atom is -0.477 e. The predicted molar refractivity (Wildman–Crippen MR) is 138 cm³/mol. The lowest BCUT2D eigenvalue weighted by Crippen LogP contribution is -2.10. The number of fused-ring (bicyclic) bond motifs is 5. The van der Waals surface area contributed by atoms with Gasteiger partial charge >= 0.3 is 0 Å². The van der Waals surface area contributed by atoms with Crippen LogP contribution in [0.25, 0.3) is 33.0 Å². The maximum absolute atomic E-state index is 6.13. The molecule has 0 unspecified atom stereocenters. The number of nitrogens with zero attached hydrogens (tertiary/aromatic N) is 9. The minimum absolute atomic E-state index is 0.502. The van der Waals surface area contributed by atoms with Crippen molar-refractivity contribution in [3.63, 3.8) is 0 Å². The quantitative estimate of drug-likeness (QED) is 0.395. The van der Waals surface area contributed by atoms with Crippen LogP contribution in [0.2, 0.25) is 0 Å². The van der Waals surface area contributed by atoms with E-state index in [0.717, 1.165) is 45.8 Å². The second-order valence-electron chi connectivity index (χ2n) is 9.00. The Hall–Kier alpha value is -3.90. The Kier molecular flexibility index (Phi) is 5.61. The second kappa shape index (κ2) is 8.95. The Morgan fingerprint density at radius 2 is 2.06 bits per heavy atom. The van der Waals surface area contributed by atoms with Gasteiger partial charge in [0.1, 0.15) is 27.9 Å². The zero-order valence-corrected chi connectivity index (χ0v) is 21.4. The lowest BCUT2D eigenvalue weighted by molar-refractivity contribution is 0.276. The standard InChI is InChI=1S/C24H26N10OS/c1-14-18(13-32(2)3)36-23(28-14)21-15-11-26-20-10-17(15)34(31-21)8-5-9-35-24-16(12-27-33(24)4)22-25-7-6-19(29-20)30-22/h6-7,10-12H,5,8-9,13H2,1-4H3,(H,25,26,29,30). The number of pyridine rings is 1. The summed E-state index contributed by atoms with van der Waals surface area (Å²) in [5, 5.41) is 14.5. The van der Waals surface area contributed by atoms with Crippen LogP contribution in [0.15, 0.2) is 30.7 Å². The van der Waals surface area contributed by atoms with Crippen molar-refractivity contribution in [3.8, 4) is 28.0 Å². The molecule has 36 heavy (non-hydrogen) atoms. The number of rotatable bonds is 3. The number of aromatic nitrogens is 8. The first kappa shape index (κ1) is 22.6. The first-order valence-corrected chi connectivity index (χ1v) is 12.5. The summed E-state index contributed by atoms with van der Waals surface area (Å²) in [6.07, 6.45) is 6.06. The molecule has 5 aromatic heterocycles. The average Bonchev–Trinajstić information content (AvgIpc) is 3.51. The van der Waals surface area contributed by atoms with Crippen LogP contribution >= 0.6 is 11.3 Å². The van der Waals surface area contributed by atoms with Gasteiger partial charge in [-0.15, -0.1) is 11.3 Å². The van der Waals surface area contributed by atoms with Crippen LogP contribution in [-0.2, 0) is 20.1 Å². The number of hydrogen-bond acceptors (Lipinski definition) is 10. The SMILES string of the molecule is Cc1nc(-c2nn3c4cc(ncc24)Nc2ccnc(n2)-c2cnn(C)c2OCCC3)sc1CN(C)C. The Labute approximate surface area is 211 Å². The minimum atomic E-state index is 0.502. The number of hydrogen-bond donors (Lipinski definition) is 1. The molecule has 0 fully saturated rings. The summed E-state index contributed by atoms with van der Waals surface area (Å²) in [7, 11) is 5.98. The molecule has 6 rings (SSSR count). The molecule has 184 valence electrons. The van der Waals surface area contributed by atoms with Crippen molar-refractivity contribution in [2.45, 2.75) is 26.4 Å². The Morgan fingerprint density at radius 1 is 1.17 bits per heavy atom. The molecule has 0 atom stereocenters. The Balaban J connectivity index is 1.43. The summed E-state index contributed by atoms with van der Waals surface area (Å²) in [6.45, 7) is 4.09. The number of ether oxygens (including phenoxy) is 1. The van der Waals surface area contributed by atoms with E-state index in [1.165, 1.54) is 4.88 Å². The van der Waals surface area contributed by atoms with Gasteiger partial charge in [0, 0.05) is 55.3 Å². The topological polar surface area (TPSA) is 112 Å². The highest BCUT2D eigenvalue weighted by Crippen LogP contribution is 2.34. The summed E-state index contributed by atoms with van der Waals surface area (Å²) in [6, 6.07) is 3.82. The lowest BCUT2D eigenvalue weighted by Gasteiger charge is -2.11. The normalized spacial score (nSPS) is 13.5. The molecule has 1 aliphatic rings. The fourth-order valence-electron chi connectivity index (χ4n) is 4.25. The van der Waals surface area contributed by atoms with Crippen LogP contribution in [0.1, 0.15) is 17.0 Å². The van der Waals surface area contributed by atoms with Crippen LogP contribution in [0.4, 0.5) is 11.6 Å². The third kappa shape index (κ3) is 4.07. The molecular weight excluding hydrogens is 476 g/mol. The molecule has 0 saturated heterocycles. The van der Waals surface area contributed by atoms with Crippen LogP contribution in [0.3, 0.4) is 0 Å². The summed E-state index contributed by atoms with van der Waals surface area (Å²) in [4.78, 5) is 22.0. The van der Waals surface area contributed by atoms with Gasteiger partial charge in [-0.2, -0.15) is 10.2 Å². The van der Waals surface area contributed by atoms with Crippen LogP contribution < -0.4 is 10.1 Å². The van der Waals surface area contributed by atoms with E-state index in [4.69, 9.17) is 14.8 Å². The third-order valence-electron chi connectivity index (χ3n) is 5.98. The van der Waals surface area contributed by atoms with E-state index < -0.39 is 0 Å². The van der Waals surface area contributed by atoms with Gasteiger partial charge in [0.05, 0.1) is 24.0 Å². The molecule has 0 aromatic carbocycles. The largest absolute Gasteiger partial charge is 0.477 e. The van der Waals surface area contributed by atoms with Crippen molar-refractivity contribution in [1.82, 2.24) is 44.4 Å². The fourth-order valence-corrected chi connectivity index (χ4v) is 5.43. The second-order valence-corrected chi connectivity index (χ2v) is 10.1. The van der Waals surface area contributed by atoms with Crippen molar-refractivity contribution in [2.75, 3.05) is 26.0 Å². The number of nitrogens with one attached hydrogen (secondary N) is 1. The van der Waals surface area contributed by atoms with Crippen molar-refractivity contribution in [1.29, 1.82) is 0 Å². The highest BCUT2D eigenvalue weighted by molar-refractivity contribution is 7.15. The molecule has 12 heteroatoms. The fraction of sp³-hybridized carbons (Fsp3) is 0.333. The highest BCUT2D eigenvalue weighted by Gasteiger charge is 2.20. The molecule has 6 heterocycles. The third-order valence-corrected chi connectivity index (χ3v) is 7.13. The Bertz CT molecular complexity index is 1570. The van der Waals surface area contributed by atoms with Crippen LogP contribution in [0.5, 0.6) is 5.88 Å². The Morgan fingerprint density at radius 3 is 2.92 bits per heavy atom. The first-order valence-electron chi connectivity index (χ1n) is 11.7. The van der Waals surface area contributed by atoms with Gasteiger partial charge in [0.2, 0.25) is 5.88 Å². The summed E-state index contributed by atoms with van der Waals surface area (Å²) < 4.78 is 9.85. The van der Waals surface area contributed by atoms with Crippen molar-refractivity contribution in [3.05, 3.63) is 41.3 Å².